The molecule has 0 radical (unpaired) electrons. The highest BCUT2D eigenvalue weighted by molar-refractivity contribution is 5.54. The predicted molar refractivity (Wildman–Crippen MR) is 74.7 cm³/mol. The van der Waals surface area contributed by atoms with Crippen molar-refractivity contribution in [2.45, 2.75) is 19.3 Å². The smallest absolute Gasteiger partial charge is 0.0399 e. The van der Waals surface area contributed by atoms with Gasteiger partial charge >= 0.3 is 0 Å². The zero-order valence-electron chi connectivity index (χ0n) is 10.5. The van der Waals surface area contributed by atoms with Crippen molar-refractivity contribution in [3.63, 3.8) is 0 Å². The van der Waals surface area contributed by atoms with Gasteiger partial charge in [-0.15, -0.1) is 6.58 Å². The van der Waals surface area contributed by atoms with Gasteiger partial charge < -0.3 is 10.2 Å². The van der Waals surface area contributed by atoms with Gasteiger partial charge in [-0.25, -0.2) is 0 Å². The Hall–Kier alpha value is -1.28. The van der Waals surface area contributed by atoms with Gasteiger partial charge in [0, 0.05) is 31.9 Å². The van der Waals surface area contributed by atoms with Crippen LogP contribution >= 0.6 is 0 Å². The van der Waals surface area contributed by atoms with E-state index in [0.29, 0.717) is 0 Å². The van der Waals surface area contributed by atoms with Crippen LogP contribution in [0.3, 0.4) is 0 Å². The first-order chi connectivity index (χ1) is 8.42. The minimum absolute atomic E-state index is 0.898. The van der Waals surface area contributed by atoms with Gasteiger partial charge in [-0.3, -0.25) is 0 Å². The lowest BCUT2D eigenvalue weighted by Gasteiger charge is -2.25. The van der Waals surface area contributed by atoms with Crippen LogP contribution in [0.25, 0.3) is 0 Å². The molecule has 0 amide bonds. The predicted octanol–water partition coefficient (Wildman–Crippen LogP) is 2.60. The summed E-state index contributed by atoms with van der Waals surface area (Å²) in [5, 5.41) is 3.37. The molecule has 0 spiro atoms. The first-order valence-electron chi connectivity index (χ1n) is 6.56. The third kappa shape index (κ3) is 3.34. The SMILES string of the molecule is C=CCNCCN1CCCCc2ccccc21. The van der Waals surface area contributed by atoms with E-state index >= 15 is 0 Å². The van der Waals surface area contributed by atoms with Crippen molar-refractivity contribution in [1.29, 1.82) is 0 Å². The highest BCUT2D eigenvalue weighted by Crippen LogP contribution is 2.25. The highest BCUT2D eigenvalue weighted by atomic mass is 15.1. The van der Waals surface area contributed by atoms with Crippen LogP contribution in [0.15, 0.2) is 36.9 Å². The van der Waals surface area contributed by atoms with Crippen molar-refractivity contribution in [2.24, 2.45) is 0 Å². The Kier molecular flexibility index (Phi) is 4.63. The monoisotopic (exact) mass is 230 g/mol. The van der Waals surface area contributed by atoms with Crippen LogP contribution in [-0.2, 0) is 6.42 Å². The maximum atomic E-state index is 3.72. The minimum atomic E-state index is 0.898. The maximum Gasteiger partial charge on any atom is 0.0399 e. The van der Waals surface area contributed by atoms with Crippen molar-refractivity contribution in [2.75, 3.05) is 31.1 Å². The van der Waals surface area contributed by atoms with E-state index in [-0.39, 0.29) is 0 Å². The Morgan fingerprint density at radius 1 is 1.29 bits per heavy atom. The summed E-state index contributed by atoms with van der Waals surface area (Å²) in [7, 11) is 0. The zero-order chi connectivity index (χ0) is 11.9. The quantitative estimate of drug-likeness (QED) is 0.618. The van der Waals surface area contributed by atoms with Gasteiger partial charge in [-0.05, 0) is 30.9 Å². The fourth-order valence-electron chi connectivity index (χ4n) is 2.42. The summed E-state index contributed by atoms with van der Waals surface area (Å²) < 4.78 is 0. The molecule has 0 aromatic heterocycles. The highest BCUT2D eigenvalue weighted by Gasteiger charge is 2.13. The van der Waals surface area contributed by atoms with E-state index in [1.54, 1.807) is 0 Å². The van der Waals surface area contributed by atoms with Gasteiger partial charge in [0.25, 0.3) is 0 Å². The largest absolute Gasteiger partial charge is 0.370 e. The summed E-state index contributed by atoms with van der Waals surface area (Å²) in [4.78, 5) is 2.51. The molecule has 2 nitrogen and oxygen atoms in total. The molecule has 92 valence electrons. The van der Waals surface area contributed by atoms with Crippen LogP contribution in [-0.4, -0.2) is 26.2 Å². The number of hydrogen-bond acceptors (Lipinski definition) is 2. The van der Waals surface area contributed by atoms with Gasteiger partial charge in [0.15, 0.2) is 0 Å². The third-order valence-corrected chi connectivity index (χ3v) is 3.30. The van der Waals surface area contributed by atoms with Crippen LogP contribution in [0.4, 0.5) is 5.69 Å². The Morgan fingerprint density at radius 3 is 3.06 bits per heavy atom. The summed E-state index contributed by atoms with van der Waals surface area (Å²) in [6, 6.07) is 8.82. The number of aryl methyl sites for hydroxylation is 1. The van der Waals surface area contributed by atoms with Crippen LogP contribution in [0, 0.1) is 0 Å². The molecule has 2 heteroatoms. The molecule has 0 saturated carbocycles. The van der Waals surface area contributed by atoms with E-state index in [9.17, 15) is 0 Å². The molecule has 17 heavy (non-hydrogen) atoms. The Balaban J connectivity index is 1.99. The Labute approximate surface area is 104 Å². The molecule has 1 aliphatic rings. The van der Waals surface area contributed by atoms with E-state index < -0.39 is 0 Å². The van der Waals surface area contributed by atoms with Gasteiger partial charge in [0.2, 0.25) is 0 Å². The van der Waals surface area contributed by atoms with Gasteiger partial charge in [-0.1, -0.05) is 24.3 Å². The Morgan fingerprint density at radius 2 is 2.18 bits per heavy atom. The number of fused-ring (bicyclic) bond motifs is 1. The number of nitrogens with one attached hydrogen (secondary N) is 1. The van der Waals surface area contributed by atoms with Crippen molar-refractivity contribution in [1.82, 2.24) is 5.32 Å². The Bertz CT molecular complexity index is 360. The second kappa shape index (κ2) is 6.45. The number of hydrogen-bond donors (Lipinski definition) is 1. The van der Waals surface area contributed by atoms with Gasteiger partial charge in [0.05, 0.1) is 0 Å². The number of rotatable bonds is 5. The molecular formula is C15H22N2. The lowest BCUT2D eigenvalue weighted by molar-refractivity contribution is 0.672. The molecule has 0 bridgehead atoms. The molecule has 1 aromatic carbocycles. The number of nitrogens with zero attached hydrogens (tertiary/aromatic N) is 1. The van der Waals surface area contributed by atoms with E-state index in [1.165, 1.54) is 37.1 Å². The van der Waals surface area contributed by atoms with E-state index in [4.69, 9.17) is 0 Å². The van der Waals surface area contributed by atoms with Gasteiger partial charge in [-0.2, -0.15) is 0 Å². The summed E-state index contributed by atoms with van der Waals surface area (Å²) in [6.07, 6.45) is 5.76. The second-order valence-electron chi connectivity index (χ2n) is 4.57. The van der Waals surface area contributed by atoms with Crippen LogP contribution in [0.5, 0.6) is 0 Å². The molecule has 0 unspecified atom stereocenters. The lowest BCUT2D eigenvalue weighted by Crippen LogP contribution is -2.32. The summed E-state index contributed by atoms with van der Waals surface area (Å²) in [5.41, 5.74) is 2.94. The molecular weight excluding hydrogens is 208 g/mol. The zero-order valence-corrected chi connectivity index (χ0v) is 10.5. The number of anilines is 1. The fraction of sp³-hybridized carbons (Fsp3) is 0.467. The van der Waals surface area contributed by atoms with E-state index in [0.717, 1.165) is 19.6 Å². The van der Waals surface area contributed by atoms with Crippen LogP contribution < -0.4 is 10.2 Å². The molecule has 0 fully saturated rings. The molecule has 1 aromatic rings. The molecule has 1 aliphatic heterocycles. The summed E-state index contributed by atoms with van der Waals surface area (Å²) in [6.45, 7) is 7.92. The topological polar surface area (TPSA) is 15.3 Å². The summed E-state index contributed by atoms with van der Waals surface area (Å²) >= 11 is 0. The van der Waals surface area contributed by atoms with Crippen molar-refractivity contribution in [3.8, 4) is 0 Å². The van der Waals surface area contributed by atoms with Crippen molar-refractivity contribution < 1.29 is 0 Å². The molecule has 1 N–H and O–H groups in total. The second-order valence-corrected chi connectivity index (χ2v) is 4.57. The molecule has 1 heterocycles. The lowest BCUT2D eigenvalue weighted by atomic mass is 10.1. The number of benzene rings is 1. The fourth-order valence-corrected chi connectivity index (χ4v) is 2.42. The van der Waals surface area contributed by atoms with Crippen molar-refractivity contribution >= 4 is 5.69 Å². The number of para-hydroxylation sites is 1. The summed E-state index contributed by atoms with van der Waals surface area (Å²) in [5.74, 6) is 0. The van der Waals surface area contributed by atoms with Gasteiger partial charge in [0.1, 0.15) is 0 Å². The van der Waals surface area contributed by atoms with E-state index in [2.05, 4.69) is 41.1 Å². The standard InChI is InChI=1S/C15H22N2/c1-2-10-16-11-13-17-12-6-5-8-14-7-3-4-9-15(14)17/h2-4,7,9,16H,1,5-6,8,10-13H2. The average molecular weight is 230 g/mol. The molecule has 0 aliphatic carbocycles. The normalized spacial score (nSPS) is 15.2. The third-order valence-electron chi connectivity index (χ3n) is 3.30. The van der Waals surface area contributed by atoms with Crippen LogP contribution in [0.2, 0.25) is 0 Å². The maximum absolute atomic E-state index is 3.72. The first-order valence-corrected chi connectivity index (χ1v) is 6.56. The van der Waals surface area contributed by atoms with Crippen molar-refractivity contribution in [3.05, 3.63) is 42.5 Å². The minimum Gasteiger partial charge on any atom is -0.370 e. The first kappa shape index (κ1) is 12.2. The average Bonchev–Trinajstić information content (AvgIpc) is 2.57. The molecule has 2 rings (SSSR count). The molecule has 0 saturated heterocycles. The van der Waals surface area contributed by atoms with E-state index in [1.807, 2.05) is 6.08 Å². The molecule has 0 atom stereocenters. The van der Waals surface area contributed by atoms with Crippen LogP contribution in [0.1, 0.15) is 18.4 Å².